The Balaban J connectivity index is 0.00000729. The van der Waals surface area contributed by atoms with Gasteiger partial charge >= 0.3 is 0 Å². The van der Waals surface area contributed by atoms with Gasteiger partial charge in [0.05, 0.1) is 29.1 Å². The van der Waals surface area contributed by atoms with Crippen LogP contribution in [0, 0.1) is 6.07 Å². The molecule has 2 aromatic heterocycles. The number of hydrogen-bond acceptors (Lipinski definition) is 3. The van der Waals surface area contributed by atoms with E-state index in [0.717, 1.165) is 61.3 Å². The maximum atomic E-state index is 12.8. The molecular weight excluding hydrogens is 1020 g/mol. The predicted octanol–water partition coefficient (Wildman–Crippen LogP) is 17.1. The van der Waals surface area contributed by atoms with Crippen LogP contribution in [0.1, 0.15) is 112 Å². The first kappa shape index (κ1) is 42.7. The van der Waals surface area contributed by atoms with Crippen LogP contribution in [-0.2, 0) is 42.7 Å². The topological polar surface area (TPSA) is 50.9 Å². The van der Waals surface area contributed by atoms with Crippen molar-refractivity contribution in [2.24, 2.45) is 0 Å². The summed E-state index contributed by atoms with van der Waals surface area (Å²) in [5.74, 6) is 0.777. The van der Waals surface area contributed by atoms with E-state index in [1.807, 2.05) is 12.1 Å². The molecule has 9 rings (SSSR count). The Morgan fingerprint density at radius 3 is 1.71 bits per heavy atom. The molecule has 0 bridgehead atoms. The molecule has 7 aromatic carbocycles. The summed E-state index contributed by atoms with van der Waals surface area (Å²) in [4.78, 5) is 10.5. The summed E-state index contributed by atoms with van der Waals surface area (Å²) in [7, 11) is 0. The van der Waals surface area contributed by atoms with Gasteiger partial charge in [-0.15, -0.1) is 29.3 Å². The molecule has 0 fully saturated rings. The van der Waals surface area contributed by atoms with E-state index < -0.39 is 23.5 Å². The predicted molar refractivity (Wildman–Crippen MR) is 287 cm³/mol. The molecule has 0 spiro atoms. The normalized spacial score (nSPS) is 13.3. The fourth-order valence-corrected chi connectivity index (χ4v) is 9.06. The van der Waals surface area contributed by atoms with E-state index in [0.29, 0.717) is 33.7 Å². The first-order valence-electron chi connectivity index (χ1n) is 26.1. The van der Waals surface area contributed by atoms with Crippen LogP contribution in [-0.4, -0.2) is 19.6 Å². The molecule has 1 N–H and O–H groups in total. The molecule has 0 amide bonds. The Morgan fingerprint density at radius 2 is 1.10 bits per heavy atom. The average molecular weight is 1090 g/mol. The van der Waals surface area contributed by atoms with E-state index in [2.05, 4.69) is 197 Å². The van der Waals surface area contributed by atoms with Crippen LogP contribution in [0.4, 0.5) is 0 Å². The molecule has 0 aliphatic carbocycles. The molecule has 0 saturated heterocycles. The number of aromatic hydroxyl groups is 1. The van der Waals surface area contributed by atoms with Gasteiger partial charge in [0.2, 0.25) is 0 Å². The number of para-hydroxylation sites is 1. The van der Waals surface area contributed by atoms with Gasteiger partial charge < -0.3 is 5.11 Å². The summed E-state index contributed by atoms with van der Waals surface area (Å²) < 4.78 is 44.7. The van der Waals surface area contributed by atoms with Crippen molar-refractivity contribution in [1.29, 1.82) is 0 Å². The SMILES string of the molecule is [2H]c1c([2H])c([2H])c(-c2ccnc(-c3[c-]c(-c4cccc5c4nc(-c4cc(C(C)(C)C)cc(C(C)(C)C)c4O)n5-c4cc(-c5ccccc5)c(C(C)(C)C)cc4-c4ccccc4)cc(C(C)(C)C)c3)c2)c([2H])c1[2H].[Pt]. The van der Waals surface area contributed by atoms with Crippen LogP contribution in [0.2, 0.25) is 0 Å². The van der Waals surface area contributed by atoms with Crippen molar-refractivity contribution in [1.82, 2.24) is 14.5 Å². The monoisotopic (exact) mass is 1090 g/mol. The van der Waals surface area contributed by atoms with Crippen molar-refractivity contribution in [2.75, 3.05) is 0 Å². The summed E-state index contributed by atoms with van der Waals surface area (Å²) in [5, 5.41) is 12.8. The summed E-state index contributed by atoms with van der Waals surface area (Å²) in [6, 6.07) is 45.8. The van der Waals surface area contributed by atoms with Crippen LogP contribution >= 0.6 is 0 Å². The molecular formula is C64H64N3OPt-. The third kappa shape index (κ3) is 9.79. The summed E-state index contributed by atoms with van der Waals surface area (Å²) in [6.07, 6.45) is 1.61. The molecule has 5 heteroatoms. The van der Waals surface area contributed by atoms with Crippen molar-refractivity contribution >= 4 is 11.0 Å². The average Bonchev–Trinajstić information content (AvgIpc) is 3.73. The first-order chi connectivity index (χ1) is 34.2. The van der Waals surface area contributed by atoms with Crippen molar-refractivity contribution in [3.8, 4) is 78.6 Å². The molecule has 0 saturated carbocycles. The number of nitrogens with zero attached hydrogens (tertiary/aromatic N) is 3. The molecule has 352 valence electrons. The van der Waals surface area contributed by atoms with Gasteiger partial charge in [0, 0.05) is 44.1 Å². The maximum Gasteiger partial charge on any atom is 0.148 e. The van der Waals surface area contributed by atoms with Gasteiger partial charge in [-0.05, 0) is 90.9 Å². The number of hydrogen-bond donors (Lipinski definition) is 1. The van der Waals surface area contributed by atoms with E-state index in [-0.39, 0.29) is 60.7 Å². The van der Waals surface area contributed by atoms with Gasteiger partial charge in [-0.1, -0.05) is 209 Å². The molecule has 0 aliphatic heterocycles. The second-order valence-corrected chi connectivity index (χ2v) is 22.1. The molecule has 69 heavy (non-hydrogen) atoms. The molecule has 0 unspecified atom stereocenters. The number of benzene rings is 7. The van der Waals surface area contributed by atoms with Gasteiger partial charge in [0.25, 0.3) is 0 Å². The fourth-order valence-electron chi connectivity index (χ4n) is 9.06. The summed E-state index contributed by atoms with van der Waals surface area (Å²) >= 11 is 0. The van der Waals surface area contributed by atoms with Crippen LogP contribution in [0.5, 0.6) is 5.75 Å². The second kappa shape index (κ2) is 18.5. The number of imidazole rings is 1. The Kier molecular flexibility index (Phi) is 11.5. The van der Waals surface area contributed by atoms with E-state index >= 15 is 0 Å². The van der Waals surface area contributed by atoms with Crippen molar-refractivity contribution in [3.63, 3.8) is 0 Å². The zero-order chi connectivity index (χ0) is 52.7. The van der Waals surface area contributed by atoms with Gasteiger partial charge in [0.1, 0.15) is 11.6 Å². The third-order valence-corrected chi connectivity index (χ3v) is 12.9. The maximum absolute atomic E-state index is 12.8. The van der Waals surface area contributed by atoms with Crippen molar-refractivity contribution < 1.29 is 33.0 Å². The van der Waals surface area contributed by atoms with E-state index in [1.165, 1.54) is 5.56 Å². The van der Waals surface area contributed by atoms with Gasteiger partial charge in [-0.2, -0.15) is 0 Å². The fraction of sp³-hybridized carbons (Fsp3) is 0.250. The zero-order valence-electron chi connectivity index (χ0n) is 46.8. The Bertz CT molecular complexity index is 3590. The van der Waals surface area contributed by atoms with Crippen molar-refractivity contribution in [3.05, 3.63) is 192 Å². The summed E-state index contributed by atoms with van der Waals surface area (Å²) in [6.45, 7) is 26.3. The first-order valence-corrected chi connectivity index (χ1v) is 23.6. The minimum atomic E-state index is -0.440. The molecule has 0 radical (unpaired) electrons. The smallest absolute Gasteiger partial charge is 0.148 e. The molecule has 9 aromatic rings. The minimum Gasteiger partial charge on any atom is -0.507 e. The Morgan fingerprint density at radius 1 is 0.507 bits per heavy atom. The van der Waals surface area contributed by atoms with Gasteiger partial charge in [0.15, 0.2) is 0 Å². The molecule has 0 aliphatic rings. The Hall–Kier alpha value is -6.35. The van der Waals surface area contributed by atoms with Gasteiger partial charge in [-0.25, -0.2) is 4.98 Å². The third-order valence-electron chi connectivity index (χ3n) is 12.9. The number of fused-ring (bicyclic) bond motifs is 1. The number of rotatable bonds is 7. The van der Waals surface area contributed by atoms with Gasteiger partial charge in [-0.3, -0.25) is 9.55 Å². The molecule has 4 nitrogen and oxygen atoms in total. The minimum absolute atomic E-state index is 0. The molecule has 0 atom stereocenters. The van der Waals surface area contributed by atoms with Crippen LogP contribution < -0.4 is 0 Å². The number of pyridine rings is 1. The van der Waals surface area contributed by atoms with Crippen LogP contribution in [0.25, 0.3) is 83.9 Å². The number of phenolic OH excluding ortho intramolecular Hbond substituents is 1. The zero-order valence-corrected chi connectivity index (χ0v) is 44.1. The van der Waals surface area contributed by atoms with E-state index in [4.69, 9.17) is 16.8 Å². The van der Waals surface area contributed by atoms with Crippen LogP contribution in [0.15, 0.2) is 164 Å². The van der Waals surface area contributed by atoms with E-state index in [9.17, 15) is 5.11 Å². The Labute approximate surface area is 431 Å². The number of aromatic nitrogens is 3. The second-order valence-electron chi connectivity index (χ2n) is 22.1. The largest absolute Gasteiger partial charge is 0.507 e. The van der Waals surface area contributed by atoms with Crippen LogP contribution in [0.3, 0.4) is 0 Å². The summed E-state index contributed by atoms with van der Waals surface area (Å²) in [5.41, 5.74) is 13.6. The van der Waals surface area contributed by atoms with Crippen molar-refractivity contribution in [2.45, 2.75) is 105 Å². The number of phenols is 1. The standard InChI is InChI=1S/C64H64N3O.Pt/c1-61(2,3)47-34-45(33-46(35-47)55-36-44(31-32-65-55)41-23-16-13-17-24-41)49-29-22-30-56-58(49)66-60(52-37-48(62(4,5)6)38-54(59(52)68)64(10,11)12)67(56)57-40-50(42-25-18-14-19-26-42)53(63(7,8)9)39-51(57)43-27-20-15-21-28-43;/h13-32,34-40,68H,1-12H3;/q-1;/i13D,16D,17D,23D,24D;. The molecule has 2 heterocycles. The van der Waals surface area contributed by atoms with E-state index in [1.54, 1.807) is 18.3 Å². The quantitative estimate of drug-likeness (QED) is 0.162.